The Kier molecular flexibility index (Phi) is 7.82. The molecule has 0 aromatic heterocycles. The number of hydrogen-bond donors (Lipinski definition) is 1. The van der Waals surface area contributed by atoms with E-state index in [1.165, 1.54) is 25.7 Å². The van der Waals surface area contributed by atoms with E-state index in [4.69, 9.17) is 4.74 Å². The molecule has 0 aromatic rings. The van der Waals surface area contributed by atoms with Crippen LogP contribution in [-0.2, 0) is 4.74 Å². The van der Waals surface area contributed by atoms with Crippen molar-refractivity contribution in [3.8, 4) is 0 Å². The maximum atomic E-state index is 5.47. The molecule has 0 spiro atoms. The molecule has 0 aliphatic heterocycles. The molecule has 1 saturated carbocycles. The van der Waals surface area contributed by atoms with Gasteiger partial charge in [-0.2, -0.15) is 0 Å². The monoisotopic (exact) mass is 242 g/mol. The highest BCUT2D eigenvalue weighted by molar-refractivity contribution is 4.84. The summed E-state index contributed by atoms with van der Waals surface area (Å²) in [7, 11) is 0. The topological polar surface area (TPSA) is 24.5 Å². The van der Waals surface area contributed by atoms with Crippen molar-refractivity contribution < 1.29 is 4.74 Å². The van der Waals surface area contributed by atoms with Crippen molar-refractivity contribution in [3.63, 3.8) is 0 Å². The minimum Gasteiger partial charge on any atom is -0.380 e. The summed E-state index contributed by atoms with van der Waals surface area (Å²) in [6.45, 7) is 11.6. The molecule has 0 bridgehead atoms. The first-order valence-corrected chi connectivity index (χ1v) is 7.36. The van der Waals surface area contributed by atoms with Crippen molar-refractivity contribution in [1.29, 1.82) is 0 Å². The van der Waals surface area contributed by atoms with Gasteiger partial charge < -0.3 is 10.1 Å². The van der Waals surface area contributed by atoms with Crippen LogP contribution in [0.25, 0.3) is 0 Å². The maximum Gasteiger partial charge on any atom is 0.0593 e. The Morgan fingerprint density at radius 2 is 2.06 bits per heavy atom. The normalized spacial score (nSPS) is 17.6. The molecule has 1 aliphatic rings. The van der Waals surface area contributed by atoms with Gasteiger partial charge in [-0.3, -0.25) is 4.90 Å². The van der Waals surface area contributed by atoms with Gasteiger partial charge in [0.15, 0.2) is 0 Å². The first kappa shape index (κ1) is 14.9. The molecular weight excluding hydrogens is 212 g/mol. The fourth-order valence-electron chi connectivity index (χ4n) is 2.26. The van der Waals surface area contributed by atoms with Crippen molar-refractivity contribution in [3.05, 3.63) is 0 Å². The van der Waals surface area contributed by atoms with Crippen LogP contribution in [0.5, 0.6) is 0 Å². The van der Waals surface area contributed by atoms with E-state index in [0.717, 1.165) is 38.9 Å². The highest BCUT2D eigenvalue weighted by atomic mass is 16.5. The molecule has 1 rings (SSSR count). The van der Waals surface area contributed by atoms with Gasteiger partial charge in [-0.1, -0.05) is 20.3 Å². The fourth-order valence-corrected chi connectivity index (χ4v) is 2.26. The molecular formula is C14H30N2O. The van der Waals surface area contributed by atoms with Crippen molar-refractivity contribution >= 4 is 0 Å². The van der Waals surface area contributed by atoms with Gasteiger partial charge >= 0.3 is 0 Å². The van der Waals surface area contributed by atoms with E-state index in [0.29, 0.717) is 6.04 Å². The number of nitrogens with one attached hydrogen (secondary N) is 1. The quantitative estimate of drug-likeness (QED) is 0.563. The lowest BCUT2D eigenvalue weighted by atomic mass is 10.1. The molecule has 1 fully saturated rings. The molecule has 0 saturated heterocycles. The summed E-state index contributed by atoms with van der Waals surface area (Å²) < 4.78 is 5.47. The standard InChI is InChI=1S/C14H30N2O/c1-4-7-14(12-15-13-8-9-13)16(5-2)10-11-17-6-3/h13-15H,4-12H2,1-3H3. The summed E-state index contributed by atoms with van der Waals surface area (Å²) in [6.07, 6.45) is 5.32. The van der Waals surface area contributed by atoms with Crippen LogP contribution < -0.4 is 5.32 Å². The van der Waals surface area contributed by atoms with Crippen LogP contribution in [-0.4, -0.2) is 49.8 Å². The Balaban J connectivity index is 2.27. The summed E-state index contributed by atoms with van der Waals surface area (Å²) >= 11 is 0. The van der Waals surface area contributed by atoms with E-state index in [1.807, 2.05) is 0 Å². The smallest absolute Gasteiger partial charge is 0.0593 e. The Morgan fingerprint density at radius 1 is 1.29 bits per heavy atom. The molecule has 1 aliphatic carbocycles. The number of nitrogens with zero attached hydrogens (tertiary/aromatic N) is 1. The Labute approximate surface area is 107 Å². The number of hydrogen-bond acceptors (Lipinski definition) is 3. The Morgan fingerprint density at radius 3 is 2.59 bits per heavy atom. The van der Waals surface area contributed by atoms with E-state index in [2.05, 4.69) is 31.0 Å². The van der Waals surface area contributed by atoms with Gasteiger partial charge in [0.05, 0.1) is 6.61 Å². The first-order chi connectivity index (χ1) is 8.31. The lowest BCUT2D eigenvalue weighted by Gasteiger charge is -2.31. The third-order valence-corrected chi connectivity index (χ3v) is 3.49. The van der Waals surface area contributed by atoms with Crippen LogP contribution in [0.15, 0.2) is 0 Å². The summed E-state index contributed by atoms with van der Waals surface area (Å²) in [5.41, 5.74) is 0. The molecule has 0 heterocycles. The number of likely N-dealkylation sites (N-methyl/N-ethyl adjacent to an activating group) is 1. The minimum atomic E-state index is 0.686. The molecule has 3 heteroatoms. The molecule has 0 amide bonds. The zero-order chi connectivity index (χ0) is 12.5. The van der Waals surface area contributed by atoms with Gasteiger partial charge in [0.2, 0.25) is 0 Å². The highest BCUT2D eigenvalue weighted by Gasteiger charge is 2.23. The average molecular weight is 242 g/mol. The number of rotatable bonds is 11. The Hall–Kier alpha value is -0.120. The zero-order valence-corrected chi connectivity index (χ0v) is 11.9. The third-order valence-electron chi connectivity index (χ3n) is 3.49. The van der Waals surface area contributed by atoms with Gasteiger partial charge in [-0.15, -0.1) is 0 Å². The Bertz CT molecular complexity index is 183. The van der Waals surface area contributed by atoms with E-state index in [1.54, 1.807) is 0 Å². The fraction of sp³-hybridized carbons (Fsp3) is 1.00. The number of ether oxygens (including phenoxy) is 1. The van der Waals surface area contributed by atoms with E-state index >= 15 is 0 Å². The van der Waals surface area contributed by atoms with Crippen LogP contribution in [0.1, 0.15) is 46.5 Å². The minimum absolute atomic E-state index is 0.686. The molecule has 1 N–H and O–H groups in total. The third kappa shape index (κ3) is 6.39. The van der Waals surface area contributed by atoms with Crippen LogP contribution in [0.4, 0.5) is 0 Å². The van der Waals surface area contributed by atoms with Crippen LogP contribution in [0.3, 0.4) is 0 Å². The molecule has 0 radical (unpaired) electrons. The van der Waals surface area contributed by atoms with E-state index in [-0.39, 0.29) is 0 Å². The molecule has 0 aromatic carbocycles. The van der Waals surface area contributed by atoms with E-state index < -0.39 is 0 Å². The lowest BCUT2D eigenvalue weighted by molar-refractivity contribution is 0.0934. The second kappa shape index (κ2) is 8.90. The highest BCUT2D eigenvalue weighted by Crippen LogP contribution is 2.19. The molecule has 3 nitrogen and oxygen atoms in total. The van der Waals surface area contributed by atoms with Gasteiger partial charge in [0, 0.05) is 31.8 Å². The van der Waals surface area contributed by atoms with Crippen molar-refractivity contribution in [2.45, 2.75) is 58.5 Å². The van der Waals surface area contributed by atoms with Gasteiger partial charge in [0.25, 0.3) is 0 Å². The van der Waals surface area contributed by atoms with Gasteiger partial charge in [0.1, 0.15) is 0 Å². The predicted octanol–water partition coefficient (Wildman–Crippen LogP) is 2.27. The maximum absolute atomic E-state index is 5.47. The van der Waals surface area contributed by atoms with Gasteiger partial charge in [-0.05, 0) is 32.7 Å². The molecule has 102 valence electrons. The second-order valence-electron chi connectivity index (χ2n) is 4.95. The predicted molar refractivity (Wildman–Crippen MR) is 73.5 cm³/mol. The summed E-state index contributed by atoms with van der Waals surface area (Å²) in [4.78, 5) is 2.56. The summed E-state index contributed by atoms with van der Waals surface area (Å²) in [5, 5.41) is 3.66. The molecule has 1 unspecified atom stereocenters. The van der Waals surface area contributed by atoms with E-state index in [9.17, 15) is 0 Å². The van der Waals surface area contributed by atoms with Crippen molar-refractivity contribution in [1.82, 2.24) is 10.2 Å². The summed E-state index contributed by atoms with van der Waals surface area (Å²) in [6, 6.07) is 1.51. The lowest BCUT2D eigenvalue weighted by Crippen LogP contribution is -2.44. The average Bonchev–Trinajstić information content (AvgIpc) is 3.15. The van der Waals surface area contributed by atoms with Crippen molar-refractivity contribution in [2.24, 2.45) is 0 Å². The van der Waals surface area contributed by atoms with Crippen molar-refractivity contribution in [2.75, 3.05) is 32.8 Å². The van der Waals surface area contributed by atoms with Crippen LogP contribution in [0.2, 0.25) is 0 Å². The zero-order valence-electron chi connectivity index (χ0n) is 11.9. The van der Waals surface area contributed by atoms with Crippen LogP contribution >= 0.6 is 0 Å². The molecule has 1 atom stereocenters. The molecule has 17 heavy (non-hydrogen) atoms. The second-order valence-corrected chi connectivity index (χ2v) is 4.95. The van der Waals surface area contributed by atoms with Crippen LogP contribution in [0, 0.1) is 0 Å². The largest absolute Gasteiger partial charge is 0.380 e. The SMILES string of the molecule is CCCC(CNC1CC1)N(CC)CCOCC. The first-order valence-electron chi connectivity index (χ1n) is 7.36. The summed E-state index contributed by atoms with van der Waals surface area (Å²) in [5.74, 6) is 0. The van der Waals surface area contributed by atoms with Gasteiger partial charge in [-0.25, -0.2) is 0 Å².